The number of hydrogen-bond acceptors (Lipinski definition) is 3. The lowest BCUT2D eigenvalue weighted by molar-refractivity contribution is 0.673. The van der Waals surface area contributed by atoms with Gasteiger partial charge in [-0.15, -0.1) is 0 Å². The minimum atomic E-state index is 0.817. The van der Waals surface area contributed by atoms with E-state index in [2.05, 4.69) is 228 Å². The highest BCUT2D eigenvalue weighted by atomic mass is 16.3. The third-order valence-electron chi connectivity index (χ3n) is 10.4. The van der Waals surface area contributed by atoms with Crippen LogP contribution < -0.4 is 9.80 Å². The van der Waals surface area contributed by atoms with Crippen molar-refractivity contribution in [1.82, 2.24) is 0 Å². The second kappa shape index (κ2) is 13.9. The van der Waals surface area contributed by atoms with Crippen LogP contribution in [0.5, 0.6) is 0 Å². The zero-order valence-electron chi connectivity index (χ0n) is 30.1. The highest BCUT2D eigenvalue weighted by Gasteiger charge is 2.25. The maximum absolute atomic E-state index is 7.05. The molecule has 0 aliphatic rings. The molecule has 0 saturated heterocycles. The van der Waals surface area contributed by atoms with Crippen LogP contribution >= 0.6 is 0 Å². The first-order chi connectivity index (χ1) is 27.3. The van der Waals surface area contributed by atoms with Gasteiger partial charge in [0.2, 0.25) is 0 Å². The van der Waals surface area contributed by atoms with Crippen LogP contribution in [0.2, 0.25) is 0 Å². The molecular formula is C52H36N2O. The van der Waals surface area contributed by atoms with E-state index in [1.54, 1.807) is 0 Å². The lowest BCUT2D eigenvalue weighted by atomic mass is 9.99. The van der Waals surface area contributed by atoms with Gasteiger partial charge in [-0.05, 0) is 76.7 Å². The second-order valence-electron chi connectivity index (χ2n) is 13.7. The Bertz CT molecular complexity index is 2920. The molecule has 0 aliphatic carbocycles. The molecule has 10 aromatic rings. The van der Waals surface area contributed by atoms with Crippen LogP contribution in [0.1, 0.15) is 0 Å². The maximum Gasteiger partial charge on any atom is 0.143 e. The third-order valence-corrected chi connectivity index (χ3v) is 10.4. The van der Waals surface area contributed by atoms with Gasteiger partial charge in [-0.1, -0.05) is 158 Å². The number of rotatable bonds is 8. The van der Waals surface area contributed by atoms with Crippen LogP contribution in [-0.2, 0) is 0 Å². The van der Waals surface area contributed by atoms with Gasteiger partial charge in [0.05, 0.1) is 22.4 Å². The molecule has 0 aliphatic heterocycles. The van der Waals surface area contributed by atoms with Crippen molar-refractivity contribution in [1.29, 1.82) is 0 Å². The molecule has 3 nitrogen and oxygen atoms in total. The van der Waals surface area contributed by atoms with Crippen LogP contribution in [0.4, 0.5) is 34.1 Å². The lowest BCUT2D eigenvalue weighted by Crippen LogP contribution is -2.14. The predicted molar refractivity (Wildman–Crippen MR) is 231 cm³/mol. The summed E-state index contributed by atoms with van der Waals surface area (Å²) in [6.45, 7) is 0. The van der Waals surface area contributed by atoms with E-state index in [0.29, 0.717) is 0 Å². The number of furan rings is 1. The molecule has 0 saturated carbocycles. The van der Waals surface area contributed by atoms with Crippen molar-refractivity contribution >= 4 is 66.8 Å². The monoisotopic (exact) mass is 704 g/mol. The Morgan fingerprint density at radius 1 is 0.327 bits per heavy atom. The Morgan fingerprint density at radius 3 is 1.65 bits per heavy atom. The van der Waals surface area contributed by atoms with Crippen molar-refractivity contribution in [2.75, 3.05) is 9.80 Å². The molecule has 0 bridgehead atoms. The molecule has 0 fully saturated rings. The summed E-state index contributed by atoms with van der Waals surface area (Å²) in [5.41, 5.74) is 12.6. The first kappa shape index (κ1) is 32.3. The van der Waals surface area contributed by atoms with Gasteiger partial charge in [0.15, 0.2) is 0 Å². The van der Waals surface area contributed by atoms with E-state index in [1.807, 2.05) is 0 Å². The van der Waals surface area contributed by atoms with Crippen molar-refractivity contribution in [2.24, 2.45) is 0 Å². The first-order valence-electron chi connectivity index (χ1n) is 18.7. The van der Waals surface area contributed by atoms with E-state index in [0.717, 1.165) is 83.5 Å². The largest absolute Gasteiger partial charge is 0.455 e. The smallest absolute Gasteiger partial charge is 0.143 e. The number of para-hydroxylation sites is 3. The van der Waals surface area contributed by atoms with Crippen molar-refractivity contribution in [2.45, 2.75) is 0 Å². The summed E-state index contributed by atoms with van der Waals surface area (Å²) in [6.07, 6.45) is 0. The molecule has 3 heteroatoms. The molecule has 10 rings (SSSR count). The first-order valence-corrected chi connectivity index (χ1v) is 18.7. The molecule has 0 unspecified atom stereocenters. The van der Waals surface area contributed by atoms with E-state index in [1.165, 1.54) is 5.56 Å². The van der Waals surface area contributed by atoms with Gasteiger partial charge in [0.25, 0.3) is 0 Å². The summed E-state index contributed by atoms with van der Waals surface area (Å²) in [5, 5.41) is 4.37. The molecular weight excluding hydrogens is 669 g/mol. The summed E-state index contributed by atoms with van der Waals surface area (Å²) >= 11 is 0. The zero-order chi connectivity index (χ0) is 36.6. The minimum Gasteiger partial charge on any atom is -0.455 e. The molecule has 0 radical (unpaired) electrons. The SMILES string of the molecule is c1ccc(-c2cccc(N(c3ccccc3)c3cc(N(c4ccccc4)c4ccccc4-c4ccccc4)c4c(c3)oc3c5ccccc5ccc34)c2)cc1. The number of fused-ring (bicyclic) bond motifs is 5. The Morgan fingerprint density at radius 2 is 0.909 bits per heavy atom. The second-order valence-corrected chi connectivity index (χ2v) is 13.7. The molecule has 0 atom stereocenters. The maximum atomic E-state index is 7.05. The summed E-state index contributed by atoms with van der Waals surface area (Å²) in [5.74, 6) is 0. The predicted octanol–water partition coefficient (Wildman–Crippen LogP) is 15.0. The molecule has 1 heterocycles. The van der Waals surface area contributed by atoms with Crippen LogP contribution in [0.25, 0.3) is 55.0 Å². The van der Waals surface area contributed by atoms with E-state index in [9.17, 15) is 0 Å². The Kier molecular flexibility index (Phi) is 8.16. The molecule has 260 valence electrons. The number of anilines is 6. The van der Waals surface area contributed by atoms with Gasteiger partial charge in [-0.3, -0.25) is 0 Å². The number of benzene rings is 9. The normalized spacial score (nSPS) is 11.3. The van der Waals surface area contributed by atoms with Gasteiger partial charge >= 0.3 is 0 Å². The molecule has 0 spiro atoms. The Hall–Kier alpha value is -7.36. The van der Waals surface area contributed by atoms with Crippen molar-refractivity contribution in [3.05, 3.63) is 218 Å². The third kappa shape index (κ3) is 5.89. The van der Waals surface area contributed by atoms with E-state index < -0.39 is 0 Å². The topological polar surface area (TPSA) is 19.6 Å². The Balaban J connectivity index is 1.30. The Labute approximate surface area is 320 Å². The van der Waals surface area contributed by atoms with Crippen LogP contribution in [0, 0.1) is 0 Å². The van der Waals surface area contributed by atoms with Gasteiger partial charge in [-0.2, -0.15) is 0 Å². The van der Waals surface area contributed by atoms with Crippen molar-refractivity contribution < 1.29 is 4.42 Å². The summed E-state index contributed by atoms with van der Waals surface area (Å²) in [6, 6.07) is 77.5. The van der Waals surface area contributed by atoms with E-state index in [4.69, 9.17) is 4.42 Å². The standard InChI is InChI=1S/C52H36N2O/c1-5-18-37(19-6-1)40-23-17-28-43(34-40)53(41-24-9-3-10-25-41)44-35-49(51-47-33-32-39-22-13-14-30-46(39)52(47)55-50(51)36-44)54(42-26-11-4-12-27-42)48-31-16-15-29-45(48)38-20-7-2-8-21-38/h1-36H. The van der Waals surface area contributed by atoms with Gasteiger partial charge in [0.1, 0.15) is 11.2 Å². The fraction of sp³-hybridized carbons (Fsp3) is 0. The van der Waals surface area contributed by atoms with E-state index >= 15 is 0 Å². The van der Waals surface area contributed by atoms with Gasteiger partial charge < -0.3 is 14.2 Å². The average Bonchev–Trinajstić information content (AvgIpc) is 3.65. The molecule has 0 N–H and O–H groups in total. The fourth-order valence-electron chi connectivity index (χ4n) is 7.90. The van der Waals surface area contributed by atoms with Crippen molar-refractivity contribution in [3.8, 4) is 22.3 Å². The van der Waals surface area contributed by atoms with Gasteiger partial charge in [0, 0.05) is 39.5 Å². The molecule has 55 heavy (non-hydrogen) atoms. The quantitative estimate of drug-likeness (QED) is 0.157. The van der Waals surface area contributed by atoms with E-state index in [-0.39, 0.29) is 0 Å². The number of nitrogens with zero attached hydrogens (tertiary/aromatic N) is 2. The zero-order valence-corrected chi connectivity index (χ0v) is 30.1. The highest BCUT2D eigenvalue weighted by molar-refractivity contribution is 6.20. The summed E-state index contributed by atoms with van der Waals surface area (Å²) in [4.78, 5) is 4.74. The number of hydrogen-bond donors (Lipinski definition) is 0. The minimum absolute atomic E-state index is 0.817. The van der Waals surface area contributed by atoms with Crippen LogP contribution in [0.15, 0.2) is 223 Å². The van der Waals surface area contributed by atoms with Gasteiger partial charge in [-0.25, -0.2) is 0 Å². The lowest BCUT2D eigenvalue weighted by Gasteiger charge is -2.31. The van der Waals surface area contributed by atoms with Crippen molar-refractivity contribution in [3.63, 3.8) is 0 Å². The van der Waals surface area contributed by atoms with Crippen LogP contribution in [-0.4, -0.2) is 0 Å². The molecule has 0 amide bonds. The van der Waals surface area contributed by atoms with Crippen LogP contribution in [0.3, 0.4) is 0 Å². The average molecular weight is 705 g/mol. The molecule has 9 aromatic carbocycles. The summed E-state index contributed by atoms with van der Waals surface area (Å²) < 4.78 is 7.05. The summed E-state index contributed by atoms with van der Waals surface area (Å²) in [7, 11) is 0. The fourth-order valence-corrected chi connectivity index (χ4v) is 7.90. The molecule has 1 aromatic heterocycles. The highest BCUT2D eigenvalue weighted by Crippen LogP contribution is 2.50.